The molecule has 0 unspecified atom stereocenters. The van der Waals surface area contributed by atoms with Gasteiger partial charge in [-0.25, -0.2) is 9.78 Å². The molecule has 0 saturated heterocycles. The van der Waals surface area contributed by atoms with Gasteiger partial charge in [-0.05, 0) is 29.9 Å². The average Bonchev–Trinajstić information content (AvgIpc) is 3.21. The van der Waals surface area contributed by atoms with Crippen LogP contribution < -0.4 is 5.32 Å². The molecule has 1 aromatic carbocycles. The molecule has 2 heterocycles. The minimum atomic E-state index is -0.566. The molecule has 1 amide bonds. The van der Waals surface area contributed by atoms with Crippen molar-refractivity contribution < 1.29 is 14.3 Å². The number of benzene rings is 1. The Morgan fingerprint density at radius 3 is 2.76 bits per heavy atom. The van der Waals surface area contributed by atoms with E-state index in [-0.39, 0.29) is 18.2 Å². The second kappa shape index (κ2) is 10.2. The van der Waals surface area contributed by atoms with E-state index in [9.17, 15) is 9.59 Å². The third-order valence-corrected chi connectivity index (χ3v) is 5.54. The first-order valence-electron chi connectivity index (χ1n) is 9.91. The van der Waals surface area contributed by atoms with E-state index >= 15 is 0 Å². The fourth-order valence-electron chi connectivity index (χ4n) is 3.02. The van der Waals surface area contributed by atoms with Crippen molar-refractivity contribution in [2.75, 3.05) is 31.6 Å². The van der Waals surface area contributed by atoms with Crippen molar-refractivity contribution in [3.8, 4) is 0 Å². The molecule has 6 nitrogen and oxygen atoms in total. The van der Waals surface area contributed by atoms with Gasteiger partial charge in [0.1, 0.15) is 0 Å². The van der Waals surface area contributed by atoms with Crippen LogP contribution in [0.15, 0.2) is 41.8 Å². The zero-order chi connectivity index (χ0) is 20.6. The summed E-state index contributed by atoms with van der Waals surface area (Å²) in [5.74, 6) is -0.150. The summed E-state index contributed by atoms with van der Waals surface area (Å²) in [6.07, 6.45) is 3.89. The summed E-state index contributed by atoms with van der Waals surface area (Å²) in [7, 11) is 0. The quantitative estimate of drug-likeness (QED) is 0.661. The molecule has 1 aliphatic heterocycles. The van der Waals surface area contributed by atoms with Crippen molar-refractivity contribution in [2.45, 2.75) is 26.7 Å². The summed E-state index contributed by atoms with van der Waals surface area (Å²) in [5, 5.41) is 5.55. The highest BCUT2D eigenvalue weighted by atomic mass is 32.1. The number of carbonyl (C=O) groups is 2. The van der Waals surface area contributed by atoms with Crippen LogP contribution >= 0.6 is 11.3 Å². The maximum atomic E-state index is 12.4. The van der Waals surface area contributed by atoms with Crippen molar-refractivity contribution in [1.29, 1.82) is 0 Å². The van der Waals surface area contributed by atoms with Gasteiger partial charge in [-0.2, -0.15) is 0 Å². The second-order valence-corrected chi connectivity index (χ2v) is 8.27. The minimum absolute atomic E-state index is 0.188. The molecule has 0 fully saturated rings. The third-order valence-electron chi connectivity index (χ3n) is 4.74. The first kappa shape index (κ1) is 21.0. The molecule has 0 bridgehead atoms. The lowest BCUT2D eigenvalue weighted by molar-refractivity contribution is -0.134. The number of aromatic nitrogens is 1. The summed E-state index contributed by atoms with van der Waals surface area (Å²) in [6, 6.07) is 10.2. The molecule has 1 aromatic heterocycles. The number of nitrogens with zero attached hydrogens (tertiary/aromatic N) is 2. The number of esters is 1. The maximum Gasteiger partial charge on any atom is 0.358 e. The predicted molar refractivity (Wildman–Crippen MR) is 116 cm³/mol. The van der Waals surface area contributed by atoms with Gasteiger partial charge in [-0.3, -0.25) is 4.79 Å². The van der Waals surface area contributed by atoms with E-state index in [0.29, 0.717) is 24.1 Å². The number of hydrogen-bond acceptors (Lipinski definition) is 6. The van der Waals surface area contributed by atoms with Gasteiger partial charge in [0.15, 0.2) is 17.4 Å². The van der Waals surface area contributed by atoms with E-state index in [4.69, 9.17) is 4.74 Å². The summed E-state index contributed by atoms with van der Waals surface area (Å²) in [6.45, 7) is 6.01. The highest BCUT2D eigenvalue weighted by molar-refractivity contribution is 7.13. The van der Waals surface area contributed by atoms with Gasteiger partial charge in [0.2, 0.25) is 0 Å². The molecule has 154 valence electrons. The van der Waals surface area contributed by atoms with Crippen LogP contribution in [-0.4, -0.2) is 48.0 Å². The van der Waals surface area contributed by atoms with E-state index in [1.54, 1.807) is 10.3 Å². The van der Waals surface area contributed by atoms with Crippen LogP contribution in [0.25, 0.3) is 5.57 Å². The maximum absolute atomic E-state index is 12.4. The smallest absolute Gasteiger partial charge is 0.358 e. The second-order valence-electron chi connectivity index (χ2n) is 7.41. The molecular formula is C22H27N3O3S. The number of rotatable bonds is 8. The van der Waals surface area contributed by atoms with Gasteiger partial charge in [0, 0.05) is 25.0 Å². The number of ether oxygens (including phenoxy) is 1. The fraction of sp³-hybridized carbons (Fsp3) is 0.409. The van der Waals surface area contributed by atoms with Crippen molar-refractivity contribution in [2.24, 2.45) is 5.92 Å². The van der Waals surface area contributed by atoms with Gasteiger partial charge < -0.3 is 15.0 Å². The van der Waals surface area contributed by atoms with Crippen LogP contribution in [0.5, 0.6) is 0 Å². The molecule has 2 aromatic rings. The van der Waals surface area contributed by atoms with Crippen LogP contribution in [0.1, 0.15) is 42.7 Å². The van der Waals surface area contributed by atoms with Gasteiger partial charge >= 0.3 is 5.97 Å². The van der Waals surface area contributed by atoms with Gasteiger partial charge in [-0.15, -0.1) is 11.3 Å². The van der Waals surface area contributed by atoms with Crippen molar-refractivity contribution in [1.82, 2.24) is 9.88 Å². The van der Waals surface area contributed by atoms with E-state index in [0.717, 1.165) is 19.4 Å². The predicted octanol–water partition coefficient (Wildman–Crippen LogP) is 4.07. The number of nitrogens with one attached hydrogen (secondary N) is 1. The van der Waals surface area contributed by atoms with Crippen LogP contribution in [0.4, 0.5) is 5.13 Å². The number of thiazole rings is 1. The Balaban J connectivity index is 1.44. The Bertz CT molecular complexity index is 861. The van der Waals surface area contributed by atoms with Crippen molar-refractivity contribution in [3.63, 3.8) is 0 Å². The van der Waals surface area contributed by atoms with Crippen LogP contribution in [-0.2, 0) is 9.53 Å². The molecule has 1 N–H and O–H groups in total. The lowest BCUT2D eigenvalue weighted by atomic mass is 10.00. The SMILES string of the molecule is CC(C)CCNc1nc(C(=O)OCC(=O)N2CC=C(c3ccccc3)CC2)cs1. The van der Waals surface area contributed by atoms with Gasteiger partial charge in [-0.1, -0.05) is 50.3 Å². The summed E-state index contributed by atoms with van der Waals surface area (Å²) in [5.41, 5.74) is 2.67. The lowest BCUT2D eigenvalue weighted by Crippen LogP contribution is -2.37. The zero-order valence-corrected chi connectivity index (χ0v) is 17.7. The Morgan fingerprint density at radius 1 is 1.28 bits per heavy atom. The fourth-order valence-corrected chi connectivity index (χ4v) is 3.73. The molecule has 0 saturated carbocycles. The summed E-state index contributed by atoms with van der Waals surface area (Å²) < 4.78 is 5.18. The summed E-state index contributed by atoms with van der Waals surface area (Å²) in [4.78, 5) is 30.5. The topological polar surface area (TPSA) is 71.5 Å². The number of amides is 1. The van der Waals surface area contributed by atoms with Gasteiger partial charge in [0.25, 0.3) is 5.91 Å². The minimum Gasteiger partial charge on any atom is -0.451 e. The van der Waals surface area contributed by atoms with Crippen molar-refractivity contribution >= 4 is 33.9 Å². The number of carbonyl (C=O) groups excluding carboxylic acids is 2. The lowest BCUT2D eigenvalue weighted by Gasteiger charge is -2.26. The van der Waals surface area contributed by atoms with Crippen LogP contribution in [0.3, 0.4) is 0 Å². The molecule has 0 atom stereocenters. The molecule has 3 rings (SSSR count). The highest BCUT2D eigenvalue weighted by Crippen LogP contribution is 2.22. The largest absolute Gasteiger partial charge is 0.451 e. The molecule has 0 spiro atoms. The normalized spacial score (nSPS) is 13.9. The van der Waals surface area contributed by atoms with Crippen LogP contribution in [0.2, 0.25) is 0 Å². The van der Waals surface area contributed by atoms with E-state index in [2.05, 4.69) is 42.4 Å². The highest BCUT2D eigenvalue weighted by Gasteiger charge is 2.20. The molecular weight excluding hydrogens is 386 g/mol. The monoisotopic (exact) mass is 413 g/mol. The van der Waals surface area contributed by atoms with E-state index in [1.165, 1.54) is 22.5 Å². The molecule has 1 aliphatic rings. The first-order valence-corrected chi connectivity index (χ1v) is 10.8. The average molecular weight is 414 g/mol. The van der Waals surface area contributed by atoms with Crippen LogP contribution in [0, 0.1) is 5.92 Å². The summed E-state index contributed by atoms with van der Waals surface area (Å²) >= 11 is 1.36. The standard InChI is InChI=1S/C22H27N3O3S/c1-16(2)8-11-23-22-24-19(15-29-22)21(27)28-14-20(26)25-12-9-18(10-13-25)17-6-4-3-5-7-17/h3-7,9,15-16H,8,10-14H2,1-2H3,(H,23,24). The number of hydrogen-bond donors (Lipinski definition) is 1. The van der Waals surface area contributed by atoms with E-state index < -0.39 is 5.97 Å². The molecule has 0 radical (unpaired) electrons. The molecule has 29 heavy (non-hydrogen) atoms. The first-order chi connectivity index (χ1) is 14.0. The van der Waals surface area contributed by atoms with E-state index in [1.807, 2.05) is 18.2 Å². The Kier molecular flexibility index (Phi) is 7.41. The Hall–Kier alpha value is -2.67. The molecule has 0 aliphatic carbocycles. The Morgan fingerprint density at radius 2 is 2.07 bits per heavy atom. The number of anilines is 1. The third kappa shape index (κ3) is 6.15. The van der Waals surface area contributed by atoms with Crippen molar-refractivity contribution in [3.05, 3.63) is 53.0 Å². The van der Waals surface area contributed by atoms with Gasteiger partial charge in [0.05, 0.1) is 0 Å². The Labute approximate surface area is 175 Å². The molecule has 7 heteroatoms. The zero-order valence-electron chi connectivity index (χ0n) is 16.9.